The zero-order valence-corrected chi connectivity index (χ0v) is 25.2. The van der Waals surface area contributed by atoms with Crippen LogP contribution in [0.15, 0.2) is 47.4 Å². The van der Waals surface area contributed by atoms with Crippen molar-refractivity contribution in [3.63, 3.8) is 0 Å². The fraction of sp³-hybridized carbons (Fsp3) is 0.448. The van der Waals surface area contributed by atoms with Crippen molar-refractivity contribution in [1.82, 2.24) is 9.47 Å². The van der Waals surface area contributed by atoms with E-state index in [1.165, 1.54) is 6.26 Å². The summed E-state index contributed by atoms with van der Waals surface area (Å²) in [6.07, 6.45) is 2.40. The topological polar surface area (TPSA) is 110 Å². The number of hydrogen-bond donors (Lipinski definition) is 2. The number of anilines is 2. The van der Waals surface area contributed by atoms with Gasteiger partial charge in [-0.3, -0.25) is 0 Å². The van der Waals surface area contributed by atoms with Crippen molar-refractivity contribution in [1.29, 1.82) is 0 Å². The van der Waals surface area contributed by atoms with E-state index in [0.717, 1.165) is 28.8 Å². The molecule has 0 bridgehead atoms. The summed E-state index contributed by atoms with van der Waals surface area (Å²) in [5.74, 6) is 7.39. The Bertz CT molecular complexity index is 1620. The van der Waals surface area contributed by atoms with E-state index in [1.54, 1.807) is 18.2 Å². The number of hydrogen-bond acceptors (Lipinski definition) is 8. The first kappa shape index (κ1) is 29.8. The van der Waals surface area contributed by atoms with Gasteiger partial charge in [0.15, 0.2) is 9.84 Å². The maximum Gasteiger partial charge on any atom is 0.175 e. The lowest BCUT2D eigenvalue weighted by Gasteiger charge is -2.24. The lowest BCUT2D eigenvalue weighted by Crippen LogP contribution is -2.32. The van der Waals surface area contributed by atoms with E-state index in [0.29, 0.717) is 44.0 Å². The highest BCUT2D eigenvalue weighted by Crippen LogP contribution is 2.30. The van der Waals surface area contributed by atoms with Crippen LogP contribution >= 0.6 is 0 Å². The SMILES string of the molecule is CCn1c(C#CCNc2ccc(S(C)(=O)=O)cc2OCCN(C)C)cc2c(NC3CCS(=O)(=O)CC3)cccc21. The first-order valence-corrected chi connectivity index (χ1v) is 17.1. The molecule has 2 aromatic carbocycles. The fourth-order valence-corrected chi connectivity index (χ4v) is 6.85. The summed E-state index contributed by atoms with van der Waals surface area (Å²) in [5.41, 5.74) is 3.62. The molecule has 2 heterocycles. The molecule has 0 saturated carbocycles. The van der Waals surface area contributed by atoms with Gasteiger partial charge in [-0.1, -0.05) is 12.0 Å². The van der Waals surface area contributed by atoms with Gasteiger partial charge in [-0.25, -0.2) is 16.8 Å². The Hall–Kier alpha value is -3.20. The largest absolute Gasteiger partial charge is 0.490 e. The molecule has 1 saturated heterocycles. The Morgan fingerprint density at radius 1 is 1.10 bits per heavy atom. The van der Waals surface area contributed by atoms with Gasteiger partial charge in [-0.2, -0.15) is 0 Å². The second kappa shape index (κ2) is 12.5. The summed E-state index contributed by atoms with van der Waals surface area (Å²) in [6.45, 7) is 4.29. The number of sulfone groups is 2. The van der Waals surface area contributed by atoms with Crippen LogP contribution in [0.1, 0.15) is 25.5 Å². The minimum absolute atomic E-state index is 0.126. The molecule has 3 aromatic rings. The zero-order valence-electron chi connectivity index (χ0n) is 23.5. The van der Waals surface area contributed by atoms with Crippen LogP contribution in [-0.4, -0.2) is 83.9 Å². The van der Waals surface area contributed by atoms with Gasteiger partial charge in [0.1, 0.15) is 22.2 Å². The Morgan fingerprint density at radius 2 is 1.85 bits per heavy atom. The van der Waals surface area contributed by atoms with Gasteiger partial charge in [-0.05, 0) is 70.1 Å². The molecule has 11 heteroatoms. The molecular formula is C29H38N4O5S2. The van der Waals surface area contributed by atoms with Crippen molar-refractivity contribution in [3.8, 4) is 17.6 Å². The summed E-state index contributed by atoms with van der Waals surface area (Å²) in [7, 11) is -2.39. The van der Waals surface area contributed by atoms with Crippen LogP contribution in [0.25, 0.3) is 10.9 Å². The van der Waals surface area contributed by atoms with Gasteiger partial charge < -0.3 is 24.8 Å². The number of likely N-dealkylation sites (N-methyl/N-ethyl adjacent to an activating group) is 1. The highest BCUT2D eigenvalue weighted by atomic mass is 32.2. The van der Waals surface area contributed by atoms with Gasteiger partial charge in [0.2, 0.25) is 0 Å². The predicted octanol–water partition coefficient (Wildman–Crippen LogP) is 3.46. The molecule has 1 aliphatic heterocycles. The molecule has 0 amide bonds. The highest BCUT2D eigenvalue weighted by molar-refractivity contribution is 7.91. The number of aromatic nitrogens is 1. The standard InChI is InChI=1S/C29H38N4O5S2/c1-5-33-23(20-25-26(9-6-10-28(25)33)31-22-13-18-40(36,37)19-14-22)8-7-15-30-27-12-11-24(39(4,34)35)21-29(27)38-17-16-32(2)3/h6,9-12,20-22,30-31H,5,13-19H2,1-4H3. The number of nitrogens with zero attached hydrogens (tertiary/aromatic N) is 2. The van der Waals surface area contributed by atoms with E-state index >= 15 is 0 Å². The summed E-state index contributed by atoms with van der Waals surface area (Å²) >= 11 is 0. The van der Waals surface area contributed by atoms with Gasteiger partial charge in [-0.15, -0.1) is 0 Å². The molecule has 40 heavy (non-hydrogen) atoms. The molecule has 0 aliphatic carbocycles. The van der Waals surface area contributed by atoms with Crippen LogP contribution in [0.3, 0.4) is 0 Å². The molecule has 1 aliphatic rings. The first-order chi connectivity index (χ1) is 19.0. The zero-order chi connectivity index (χ0) is 28.9. The molecule has 2 N–H and O–H groups in total. The first-order valence-electron chi connectivity index (χ1n) is 13.4. The van der Waals surface area contributed by atoms with Gasteiger partial charge in [0.25, 0.3) is 0 Å². The smallest absolute Gasteiger partial charge is 0.175 e. The molecule has 9 nitrogen and oxygen atoms in total. The van der Waals surface area contributed by atoms with Crippen LogP contribution < -0.4 is 15.4 Å². The monoisotopic (exact) mass is 586 g/mol. The lowest BCUT2D eigenvalue weighted by atomic mass is 10.1. The quantitative estimate of drug-likeness (QED) is 0.348. The van der Waals surface area contributed by atoms with Crippen molar-refractivity contribution in [3.05, 3.63) is 48.2 Å². The lowest BCUT2D eigenvalue weighted by molar-refractivity contribution is 0.262. The molecule has 4 rings (SSSR count). The minimum atomic E-state index is -3.36. The second-order valence-corrected chi connectivity index (χ2v) is 14.6. The molecule has 0 radical (unpaired) electrons. The Morgan fingerprint density at radius 3 is 2.52 bits per heavy atom. The second-order valence-electron chi connectivity index (χ2n) is 10.3. The van der Waals surface area contributed by atoms with Gasteiger partial charge >= 0.3 is 0 Å². The van der Waals surface area contributed by atoms with E-state index in [4.69, 9.17) is 4.74 Å². The molecule has 0 spiro atoms. The number of rotatable bonds is 10. The average molecular weight is 587 g/mol. The highest BCUT2D eigenvalue weighted by Gasteiger charge is 2.24. The summed E-state index contributed by atoms with van der Waals surface area (Å²) in [6, 6.07) is 13.1. The number of ether oxygens (including phenoxy) is 1. The van der Waals surface area contributed by atoms with Crippen LogP contribution in [-0.2, 0) is 26.2 Å². The maximum atomic E-state index is 12.1. The van der Waals surface area contributed by atoms with E-state index in [2.05, 4.69) is 46.1 Å². The van der Waals surface area contributed by atoms with Crippen LogP contribution in [0.2, 0.25) is 0 Å². The summed E-state index contributed by atoms with van der Waals surface area (Å²) < 4.78 is 55.8. The minimum Gasteiger partial charge on any atom is -0.490 e. The van der Waals surface area contributed by atoms with Crippen LogP contribution in [0, 0.1) is 11.8 Å². The summed E-state index contributed by atoms with van der Waals surface area (Å²) in [5, 5.41) is 7.89. The third kappa shape index (κ3) is 7.50. The molecule has 1 fully saturated rings. The Labute approximate surface area is 237 Å². The van der Waals surface area contributed by atoms with Crippen molar-refractivity contribution in [2.24, 2.45) is 0 Å². The number of benzene rings is 2. The molecule has 216 valence electrons. The number of nitrogens with one attached hydrogen (secondary N) is 2. The van der Waals surface area contributed by atoms with Crippen molar-refractivity contribution in [2.45, 2.75) is 37.2 Å². The van der Waals surface area contributed by atoms with Crippen LogP contribution in [0.4, 0.5) is 11.4 Å². The van der Waals surface area contributed by atoms with E-state index in [-0.39, 0.29) is 22.4 Å². The molecule has 0 unspecified atom stereocenters. The Balaban J connectivity index is 1.51. The van der Waals surface area contributed by atoms with Gasteiger partial charge in [0.05, 0.1) is 39.8 Å². The normalized spacial score (nSPS) is 15.5. The maximum absolute atomic E-state index is 12.1. The third-order valence-electron chi connectivity index (χ3n) is 6.94. The molecule has 1 aromatic heterocycles. The van der Waals surface area contributed by atoms with Crippen LogP contribution in [0.5, 0.6) is 5.75 Å². The third-order valence-corrected chi connectivity index (χ3v) is 9.76. The van der Waals surface area contributed by atoms with E-state index in [1.807, 2.05) is 31.1 Å². The molecular weight excluding hydrogens is 548 g/mol. The predicted molar refractivity (Wildman–Crippen MR) is 162 cm³/mol. The van der Waals surface area contributed by atoms with Crippen molar-refractivity contribution < 1.29 is 21.6 Å². The van der Waals surface area contributed by atoms with E-state index in [9.17, 15) is 16.8 Å². The molecule has 0 atom stereocenters. The van der Waals surface area contributed by atoms with Gasteiger partial charge in [0, 0.05) is 42.5 Å². The van der Waals surface area contributed by atoms with Crippen molar-refractivity contribution >= 4 is 42.0 Å². The Kier molecular flexibility index (Phi) is 9.33. The summed E-state index contributed by atoms with van der Waals surface area (Å²) in [4.78, 5) is 2.20. The number of aryl methyl sites for hydroxylation is 1. The van der Waals surface area contributed by atoms with E-state index < -0.39 is 19.7 Å². The number of fused-ring (bicyclic) bond motifs is 1. The fourth-order valence-electron chi connectivity index (χ4n) is 4.72. The average Bonchev–Trinajstić information content (AvgIpc) is 3.26. The van der Waals surface area contributed by atoms with Crippen molar-refractivity contribution in [2.75, 3.05) is 62.2 Å².